The Hall–Kier alpha value is -1.42. The molecule has 0 fully saturated rings. The minimum atomic E-state index is -0.687. The zero-order chi connectivity index (χ0) is 12.1. The Balaban J connectivity index is 2.74. The number of hydrogen-bond acceptors (Lipinski definition) is 4. The van der Waals surface area contributed by atoms with Crippen molar-refractivity contribution in [3.63, 3.8) is 0 Å². The minimum Gasteiger partial charge on any atom is -0.469 e. The molecule has 16 heavy (non-hydrogen) atoms. The van der Waals surface area contributed by atoms with Crippen LogP contribution in [0.2, 0.25) is 0 Å². The average molecular weight is 223 g/mol. The molecule has 0 aliphatic rings. The van der Waals surface area contributed by atoms with Crippen molar-refractivity contribution < 1.29 is 14.6 Å². The summed E-state index contributed by atoms with van der Waals surface area (Å²) in [7, 11) is 1.34. The van der Waals surface area contributed by atoms with Crippen LogP contribution in [0.1, 0.15) is 30.6 Å². The van der Waals surface area contributed by atoms with Crippen molar-refractivity contribution in [1.29, 1.82) is 0 Å². The van der Waals surface area contributed by atoms with Crippen LogP contribution in [0.4, 0.5) is 0 Å². The van der Waals surface area contributed by atoms with Crippen LogP contribution in [-0.4, -0.2) is 23.2 Å². The smallest absolute Gasteiger partial charge is 0.305 e. The van der Waals surface area contributed by atoms with Gasteiger partial charge in [0.1, 0.15) is 0 Å². The zero-order valence-corrected chi connectivity index (χ0v) is 9.80. The van der Waals surface area contributed by atoms with Crippen LogP contribution in [0.5, 0.6) is 0 Å². The third-order valence-electron chi connectivity index (χ3n) is 2.65. The summed E-state index contributed by atoms with van der Waals surface area (Å²) in [4.78, 5) is 15.1. The van der Waals surface area contributed by atoms with Gasteiger partial charge < -0.3 is 9.84 Å². The summed E-state index contributed by atoms with van der Waals surface area (Å²) in [6.45, 7) is 3.72. The van der Waals surface area contributed by atoms with Crippen molar-refractivity contribution in [2.75, 3.05) is 7.11 Å². The van der Waals surface area contributed by atoms with Crippen LogP contribution in [0.3, 0.4) is 0 Å². The highest BCUT2D eigenvalue weighted by molar-refractivity contribution is 5.69. The number of rotatable bonds is 4. The van der Waals surface area contributed by atoms with Gasteiger partial charge in [0.25, 0.3) is 0 Å². The normalized spacial score (nSPS) is 14.2. The van der Waals surface area contributed by atoms with Gasteiger partial charge in [0.2, 0.25) is 0 Å². The first-order valence-corrected chi connectivity index (χ1v) is 5.21. The van der Waals surface area contributed by atoms with E-state index in [1.54, 1.807) is 12.4 Å². The quantitative estimate of drug-likeness (QED) is 0.788. The third-order valence-corrected chi connectivity index (χ3v) is 2.65. The molecule has 0 aromatic carbocycles. The summed E-state index contributed by atoms with van der Waals surface area (Å²) >= 11 is 0. The molecule has 4 nitrogen and oxygen atoms in total. The number of methoxy groups -OCH3 is 1. The average Bonchev–Trinajstić information content (AvgIpc) is 2.28. The molecule has 0 saturated heterocycles. The summed E-state index contributed by atoms with van der Waals surface area (Å²) in [5.74, 6) is -0.497. The first kappa shape index (κ1) is 12.6. The van der Waals surface area contributed by atoms with Crippen LogP contribution in [0, 0.1) is 12.8 Å². The summed E-state index contributed by atoms with van der Waals surface area (Å²) in [5.41, 5.74) is 1.73. The van der Waals surface area contributed by atoms with Crippen molar-refractivity contribution in [2.24, 2.45) is 5.92 Å². The molecule has 1 N–H and O–H groups in total. The van der Waals surface area contributed by atoms with Crippen molar-refractivity contribution in [2.45, 2.75) is 26.4 Å². The fourth-order valence-corrected chi connectivity index (χ4v) is 1.55. The SMILES string of the molecule is COC(=O)CC(C)C(O)c1cnccc1C. The van der Waals surface area contributed by atoms with Gasteiger partial charge in [-0.25, -0.2) is 0 Å². The van der Waals surface area contributed by atoms with E-state index in [9.17, 15) is 9.90 Å². The van der Waals surface area contributed by atoms with Crippen LogP contribution < -0.4 is 0 Å². The molecular weight excluding hydrogens is 206 g/mol. The van der Waals surface area contributed by atoms with E-state index < -0.39 is 6.10 Å². The van der Waals surface area contributed by atoms with Crippen molar-refractivity contribution >= 4 is 5.97 Å². The Morgan fingerprint density at radius 2 is 2.31 bits per heavy atom. The first-order valence-electron chi connectivity index (χ1n) is 5.21. The molecule has 2 atom stereocenters. The molecule has 0 amide bonds. The molecule has 0 saturated carbocycles. The Bertz CT molecular complexity index is 365. The third kappa shape index (κ3) is 3.03. The predicted molar refractivity (Wildman–Crippen MR) is 59.7 cm³/mol. The highest BCUT2D eigenvalue weighted by atomic mass is 16.5. The van der Waals surface area contributed by atoms with Crippen LogP contribution in [0.15, 0.2) is 18.5 Å². The molecule has 0 aliphatic heterocycles. The van der Waals surface area contributed by atoms with Gasteiger partial charge in [-0.05, 0) is 24.5 Å². The summed E-state index contributed by atoms with van der Waals surface area (Å²) in [6, 6.07) is 1.84. The predicted octanol–water partition coefficient (Wildman–Crippen LogP) is 1.62. The molecule has 88 valence electrons. The highest BCUT2D eigenvalue weighted by Crippen LogP contribution is 2.26. The Morgan fingerprint density at radius 1 is 1.62 bits per heavy atom. The van der Waals surface area contributed by atoms with E-state index in [0.717, 1.165) is 11.1 Å². The van der Waals surface area contributed by atoms with E-state index in [2.05, 4.69) is 9.72 Å². The lowest BCUT2D eigenvalue weighted by atomic mass is 9.93. The number of carbonyl (C=O) groups is 1. The fraction of sp³-hybridized carbons (Fsp3) is 0.500. The molecule has 2 unspecified atom stereocenters. The molecule has 0 bridgehead atoms. The minimum absolute atomic E-state index is 0.185. The van der Waals surface area contributed by atoms with Crippen LogP contribution in [0.25, 0.3) is 0 Å². The van der Waals surface area contributed by atoms with Gasteiger partial charge in [0.05, 0.1) is 19.6 Å². The van der Waals surface area contributed by atoms with E-state index >= 15 is 0 Å². The van der Waals surface area contributed by atoms with Crippen LogP contribution >= 0.6 is 0 Å². The molecule has 0 spiro atoms. The van der Waals surface area contributed by atoms with E-state index in [0.29, 0.717) is 0 Å². The van der Waals surface area contributed by atoms with Gasteiger partial charge >= 0.3 is 5.97 Å². The van der Waals surface area contributed by atoms with Crippen molar-refractivity contribution in [1.82, 2.24) is 4.98 Å². The lowest BCUT2D eigenvalue weighted by molar-refractivity contribution is -0.142. The number of aliphatic hydroxyl groups excluding tert-OH is 1. The number of nitrogens with zero attached hydrogens (tertiary/aromatic N) is 1. The van der Waals surface area contributed by atoms with E-state index in [1.807, 2.05) is 19.9 Å². The Labute approximate surface area is 95.3 Å². The number of ether oxygens (including phenoxy) is 1. The fourth-order valence-electron chi connectivity index (χ4n) is 1.55. The van der Waals surface area contributed by atoms with E-state index in [-0.39, 0.29) is 18.3 Å². The molecule has 0 radical (unpaired) electrons. The number of hydrogen-bond donors (Lipinski definition) is 1. The monoisotopic (exact) mass is 223 g/mol. The maximum atomic E-state index is 11.1. The second-order valence-electron chi connectivity index (χ2n) is 3.93. The van der Waals surface area contributed by atoms with Gasteiger partial charge in [-0.1, -0.05) is 6.92 Å². The second kappa shape index (κ2) is 5.61. The highest BCUT2D eigenvalue weighted by Gasteiger charge is 2.21. The molecular formula is C12H17NO3. The maximum absolute atomic E-state index is 11.1. The zero-order valence-electron chi connectivity index (χ0n) is 9.80. The topological polar surface area (TPSA) is 59.4 Å². The molecule has 1 heterocycles. The Morgan fingerprint density at radius 3 is 2.88 bits per heavy atom. The number of aryl methyl sites for hydroxylation is 1. The van der Waals surface area contributed by atoms with Gasteiger partial charge in [-0.2, -0.15) is 0 Å². The van der Waals surface area contributed by atoms with Crippen molar-refractivity contribution in [3.05, 3.63) is 29.6 Å². The molecule has 1 aromatic heterocycles. The molecule has 1 aromatic rings. The van der Waals surface area contributed by atoms with Gasteiger partial charge in [0.15, 0.2) is 0 Å². The van der Waals surface area contributed by atoms with Gasteiger partial charge in [-0.3, -0.25) is 9.78 Å². The summed E-state index contributed by atoms with van der Waals surface area (Å²) < 4.78 is 4.57. The molecule has 1 rings (SSSR count). The van der Waals surface area contributed by atoms with Crippen molar-refractivity contribution in [3.8, 4) is 0 Å². The van der Waals surface area contributed by atoms with Crippen LogP contribution in [-0.2, 0) is 9.53 Å². The summed E-state index contributed by atoms with van der Waals surface area (Å²) in [6.07, 6.45) is 2.82. The number of aliphatic hydroxyl groups is 1. The maximum Gasteiger partial charge on any atom is 0.305 e. The van der Waals surface area contributed by atoms with Gasteiger partial charge in [-0.15, -0.1) is 0 Å². The van der Waals surface area contributed by atoms with E-state index in [4.69, 9.17) is 0 Å². The summed E-state index contributed by atoms with van der Waals surface area (Å²) in [5, 5.41) is 10.1. The standard InChI is InChI=1S/C12H17NO3/c1-8-4-5-13-7-10(8)12(15)9(2)6-11(14)16-3/h4-5,7,9,12,15H,6H2,1-3H3. The lowest BCUT2D eigenvalue weighted by Gasteiger charge is -2.19. The number of carbonyl (C=O) groups excluding carboxylic acids is 1. The number of esters is 1. The Kier molecular flexibility index (Phi) is 4.43. The van der Waals surface area contributed by atoms with Gasteiger partial charge in [0, 0.05) is 18.0 Å². The van der Waals surface area contributed by atoms with E-state index in [1.165, 1.54) is 7.11 Å². The number of aromatic nitrogens is 1. The molecule has 4 heteroatoms. The molecule has 0 aliphatic carbocycles. The lowest BCUT2D eigenvalue weighted by Crippen LogP contribution is -2.15. The largest absolute Gasteiger partial charge is 0.469 e. The number of pyridine rings is 1. The first-order chi connectivity index (χ1) is 7.56. The second-order valence-corrected chi connectivity index (χ2v) is 3.93.